The molecule has 0 bridgehead atoms. The van der Waals surface area contributed by atoms with Gasteiger partial charge in [0.25, 0.3) is 0 Å². The molecule has 0 saturated carbocycles. The highest BCUT2D eigenvalue weighted by molar-refractivity contribution is 6.19. The van der Waals surface area contributed by atoms with Gasteiger partial charge in [-0.1, -0.05) is 182 Å². The van der Waals surface area contributed by atoms with Crippen LogP contribution in [0.3, 0.4) is 0 Å². The minimum atomic E-state index is 0.178. The average molecular weight is 748 g/mol. The third-order valence-corrected chi connectivity index (χ3v) is 13.3. The second kappa shape index (κ2) is 12.5. The van der Waals surface area contributed by atoms with Gasteiger partial charge in [0.15, 0.2) is 0 Å². The maximum absolute atomic E-state index is 2.52. The van der Waals surface area contributed by atoms with Crippen LogP contribution < -0.4 is 0 Å². The van der Waals surface area contributed by atoms with E-state index in [1.165, 1.54) is 116 Å². The van der Waals surface area contributed by atoms with E-state index in [9.17, 15) is 0 Å². The first-order valence-corrected chi connectivity index (χ1v) is 20.7. The lowest BCUT2D eigenvalue weighted by atomic mass is 9.86. The van der Waals surface area contributed by atoms with E-state index in [0.717, 1.165) is 0 Å². The summed E-state index contributed by atoms with van der Waals surface area (Å²) in [4.78, 5) is 0. The maximum atomic E-state index is 2.52. The number of aromatic nitrogens is 1. The van der Waals surface area contributed by atoms with Crippen LogP contribution in [0.2, 0.25) is 0 Å². The molecule has 2 unspecified atom stereocenters. The molecule has 2 aliphatic carbocycles. The van der Waals surface area contributed by atoms with Gasteiger partial charge in [-0.15, -0.1) is 0 Å². The normalized spacial score (nSPS) is 15.1. The van der Waals surface area contributed by atoms with Crippen LogP contribution in [0.1, 0.15) is 45.2 Å². The Labute approximate surface area is 343 Å². The van der Waals surface area contributed by atoms with Crippen molar-refractivity contribution in [1.82, 2.24) is 4.57 Å². The van der Waals surface area contributed by atoms with Crippen molar-refractivity contribution in [1.29, 1.82) is 0 Å². The molecule has 0 fully saturated rings. The van der Waals surface area contributed by atoms with Crippen molar-refractivity contribution in [2.24, 2.45) is 0 Å². The summed E-state index contributed by atoms with van der Waals surface area (Å²) in [6.07, 6.45) is 0. The molecule has 0 spiro atoms. The van der Waals surface area contributed by atoms with Gasteiger partial charge in [0.05, 0.1) is 16.7 Å². The lowest BCUT2D eigenvalue weighted by Gasteiger charge is -2.17. The molecule has 0 amide bonds. The smallest absolute Gasteiger partial charge is 0.0547 e. The number of nitrogens with zero attached hydrogens (tertiary/aromatic N) is 1. The van der Waals surface area contributed by atoms with Gasteiger partial charge in [0.1, 0.15) is 0 Å². The van der Waals surface area contributed by atoms with E-state index in [1.807, 2.05) is 0 Å². The van der Waals surface area contributed by atoms with Crippen molar-refractivity contribution in [3.63, 3.8) is 0 Å². The van der Waals surface area contributed by atoms with Crippen LogP contribution in [-0.2, 0) is 0 Å². The summed E-state index contributed by atoms with van der Waals surface area (Å²) in [7, 11) is 0. The van der Waals surface area contributed by atoms with Crippen molar-refractivity contribution in [2.45, 2.75) is 11.8 Å². The average Bonchev–Trinajstić information content (AvgIpc) is 3.94. The summed E-state index contributed by atoms with van der Waals surface area (Å²) in [5, 5.41) is 7.70. The van der Waals surface area contributed by atoms with Gasteiger partial charge in [-0.3, -0.25) is 0 Å². The van der Waals surface area contributed by atoms with E-state index in [-0.39, 0.29) is 11.8 Å². The predicted octanol–water partition coefficient (Wildman–Crippen LogP) is 15.1. The summed E-state index contributed by atoms with van der Waals surface area (Å²) >= 11 is 0. The van der Waals surface area contributed by atoms with E-state index in [4.69, 9.17) is 0 Å². The summed E-state index contributed by atoms with van der Waals surface area (Å²) < 4.78 is 2.52. The lowest BCUT2D eigenvalue weighted by Crippen LogP contribution is -2.00. The predicted molar refractivity (Wildman–Crippen MR) is 247 cm³/mol. The minimum absolute atomic E-state index is 0.178. The third kappa shape index (κ3) is 4.67. The molecule has 1 heterocycles. The third-order valence-electron chi connectivity index (χ3n) is 13.3. The molecule has 0 saturated heterocycles. The quantitative estimate of drug-likeness (QED) is 0.169. The van der Waals surface area contributed by atoms with Gasteiger partial charge in [-0.05, 0) is 113 Å². The highest BCUT2D eigenvalue weighted by Crippen LogP contribution is 2.54. The highest BCUT2D eigenvalue weighted by Gasteiger charge is 2.34. The largest absolute Gasteiger partial charge is 0.309 e. The Kier molecular flexibility index (Phi) is 6.91. The Morgan fingerprint density at radius 1 is 0.322 bits per heavy atom. The Balaban J connectivity index is 1.06. The highest BCUT2D eigenvalue weighted by atomic mass is 15.0. The summed E-state index contributed by atoms with van der Waals surface area (Å²) in [6, 6.07) is 79.4. The summed E-state index contributed by atoms with van der Waals surface area (Å²) in [5.41, 5.74) is 19.7. The van der Waals surface area contributed by atoms with E-state index in [0.29, 0.717) is 0 Å². The first-order chi connectivity index (χ1) is 29.3. The minimum Gasteiger partial charge on any atom is -0.309 e. The van der Waals surface area contributed by atoms with Crippen LogP contribution in [0.25, 0.3) is 82.4 Å². The Morgan fingerprint density at radius 3 is 1.75 bits per heavy atom. The molecule has 0 radical (unpaired) electrons. The second-order valence-electron chi connectivity index (χ2n) is 16.3. The van der Waals surface area contributed by atoms with Crippen molar-refractivity contribution >= 4 is 43.4 Å². The van der Waals surface area contributed by atoms with Crippen molar-refractivity contribution < 1.29 is 0 Å². The molecular formula is C58H37N. The molecule has 274 valence electrons. The van der Waals surface area contributed by atoms with Gasteiger partial charge >= 0.3 is 0 Å². The first kappa shape index (κ1) is 32.6. The fourth-order valence-electron chi connectivity index (χ4n) is 10.9. The molecule has 1 heteroatoms. The van der Waals surface area contributed by atoms with Crippen LogP contribution in [-0.4, -0.2) is 4.57 Å². The van der Waals surface area contributed by atoms with Crippen LogP contribution in [0, 0.1) is 0 Å². The van der Waals surface area contributed by atoms with E-state index in [2.05, 4.69) is 217 Å². The van der Waals surface area contributed by atoms with Crippen molar-refractivity contribution in [3.8, 4) is 39.1 Å². The molecule has 0 aliphatic heterocycles. The number of rotatable bonds is 4. The van der Waals surface area contributed by atoms with Crippen LogP contribution in [0.5, 0.6) is 0 Å². The zero-order valence-electron chi connectivity index (χ0n) is 32.3. The van der Waals surface area contributed by atoms with Gasteiger partial charge in [0, 0.05) is 28.0 Å². The fourth-order valence-corrected chi connectivity index (χ4v) is 10.9. The standard InChI is InChI=1S/C58H37N/c1-2-16-38(17-3-1)55-46-24-10-11-25-47(46)57-49(55)31-33-54-58(57)51-35-40(29-32-53(51)59(54)52-27-13-19-37-15-5-7-21-42(37)52)39-28-30-48-50(34-39)43-22-8-9-23-45(43)56(48)44-26-12-18-36-14-4-6-20-41(36)44/h1-35,55-56H. The molecule has 1 aromatic heterocycles. The van der Waals surface area contributed by atoms with Crippen LogP contribution in [0.4, 0.5) is 0 Å². The Bertz CT molecular complexity index is 3500. The summed E-state index contributed by atoms with van der Waals surface area (Å²) in [5.74, 6) is 0.361. The molecule has 59 heavy (non-hydrogen) atoms. The fraction of sp³-hybridized carbons (Fsp3) is 0.0345. The van der Waals surface area contributed by atoms with Gasteiger partial charge in [0.2, 0.25) is 0 Å². The molecular weight excluding hydrogens is 711 g/mol. The molecule has 10 aromatic carbocycles. The molecule has 13 rings (SSSR count). The van der Waals surface area contributed by atoms with Crippen LogP contribution >= 0.6 is 0 Å². The molecule has 2 aliphatic rings. The zero-order chi connectivity index (χ0) is 38.6. The zero-order valence-corrected chi connectivity index (χ0v) is 32.3. The van der Waals surface area contributed by atoms with Crippen LogP contribution in [0.15, 0.2) is 212 Å². The number of fused-ring (bicyclic) bond motifs is 12. The monoisotopic (exact) mass is 747 g/mol. The lowest BCUT2D eigenvalue weighted by molar-refractivity contribution is 1.02. The van der Waals surface area contributed by atoms with E-state index in [1.54, 1.807) is 0 Å². The number of benzene rings is 10. The maximum Gasteiger partial charge on any atom is 0.0547 e. The van der Waals surface area contributed by atoms with Gasteiger partial charge in [-0.2, -0.15) is 0 Å². The SMILES string of the molecule is c1ccc(C2c3ccccc3-c3c2ccc2c3c3cc(-c4ccc5c(c4)-c4ccccc4C5c4cccc5ccccc45)ccc3n2-c2cccc3ccccc23)cc1. The first-order valence-electron chi connectivity index (χ1n) is 20.7. The van der Waals surface area contributed by atoms with Crippen molar-refractivity contribution in [2.75, 3.05) is 0 Å². The van der Waals surface area contributed by atoms with Gasteiger partial charge in [-0.25, -0.2) is 0 Å². The Hall–Kier alpha value is -7.48. The Morgan fingerprint density at radius 2 is 0.898 bits per heavy atom. The van der Waals surface area contributed by atoms with Crippen molar-refractivity contribution in [3.05, 3.63) is 246 Å². The summed E-state index contributed by atoms with van der Waals surface area (Å²) in [6.45, 7) is 0. The molecule has 0 N–H and O–H groups in total. The molecule has 1 nitrogen and oxygen atoms in total. The second-order valence-corrected chi connectivity index (χ2v) is 16.3. The van der Waals surface area contributed by atoms with E-state index >= 15 is 0 Å². The van der Waals surface area contributed by atoms with E-state index < -0.39 is 0 Å². The topological polar surface area (TPSA) is 4.93 Å². The van der Waals surface area contributed by atoms with Gasteiger partial charge < -0.3 is 4.57 Å². The number of hydrogen-bond acceptors (Lipinski definition) is 0. The number of hydrogen-bond donors (Lipinski definition) is 0. The molecule has 11 aromatic rings. The molecule has 2 atom stereocenters.